The van der Waals surface area contributed by atoms with Crippen molar-refractivity contribution in [1.29, 1.82) is 0 Å². The summed E-state index contributed by atoms with van der Waals surface area (Å²) in [4.78, 5) is 20.0. The molecule has 1 heterocycles. The molecule has 0 atom stereocenters. The van der Waals surface area contributed by atoms with Crippen molar-refractivity contribution in [3.05, 3.63) is 29.9 Å². The molecule has 4 heteroatoms. The summed E-state index contributed by atoms with van der Waals surface area (Å²) in [7, 11) is 0. The second-order valence-electron chi connectivity index (χ2n) is 3.23. The predicted molar refractivity (Wildman–Crippen MR) is 55.0 cm³/mol. The minimum absolute atomic E-state index is 0.307. The molecular formula is C11H12N2O2. The van der Waals surface area contributed by atoms with Crippen LogP contribution in [-0.2, 0) is 16.0 Å². The molecule has 0 aliphatic heterocycles. The summed E-state index contributed by atoms with van der Waals surface area (Å²) >= 11 is 0. The predicted octanol–water partition coefficient (Wildman–Crippen LogP) is 1.37. The van der Waals surface area contributed by atoms with Gasteiger partial charge in [-0.2, -0.15) is 0 Å². The van der Waals surface area contributed by atoms with Gasteiger partial charge in [0.2, 0.25) is 0 Å². The Morgan fingerprint density at radius 1 is 1.47 bits per heavy atom. The lowest BCUT2D eigenvalue weighted by atomic mass is 10.00. The van der Waals surface area contributed by atoms with Crippen LogP contribution in [0.2, 0.25) is 0 Å². The van der Waals surface area contributed by atoms with E-state index in [1.54, 1.807) is 19.3 Å². The first-order valence-electron chi connectivity index (χ1n) is 5.00. The molecule has 78 valence electrons. The zero-order valence-corrected chi connectivity index (χ0v) is 8.56. The topological polar surface area (TPSA) is 52.1 Å². The number of aromatic nitrogens is 2. The normalized spacial score (nSPS) is 14.1. The maximum atomic E-state index is 11.6. The first-order valence-corrected chi connectivity index (χ1v) is 5.00. The lowest BCUT2D eigenvalue weighted by molar-refractivity contribution is -0.136. The van der Waals surface area contributed by atoms with Crippen LogP contribution < -0.4 is 0 Å². The molecule has 0 saturated heterocycles. The number of carbonyl (C=O) groups excluding carboxylic acids is 1. The molecular weight excluding hydrogens is 192 g/mol. The molecule has 0 radical (unpaired) electrons. The Kier molecular flexibility index (Phi) is 2.76. The summed E-state index contributed by atoms with van der Waals surface area (Å²) in [6, 6.07) is 0. The fourth-order valence-electron chi connectivity index (χ4n) is 1.61. The van der Waals surface area contributed by atoms with Crippen LogP contribution in [0.1, 0.15) is 24.7 Å². The van der Waals surface area contributed by atoms with Crippen LogP contribution in [0.4, 0.5) is 0 Å². The summed E-state index contributed by atoms with van der Waals surface area (Å²) in [6.07, 6.45) is 6.77. The Bertz CT molecular complexity index is 413. The minimum atomic E-state index is -0.307. The lowest BCUT2D eigenvalue weighted by Crippen LogP contribution is -2.13. The van der Waals surface area contributed by atoms with Gasteiger partial charge in [-0.3, -0.25) is 9.97 Å². The Labute approximate surface area is 88.0 Å². The second kappa shape index (κ2) is 4.21. The molecule has 1 aliphatic rings. The van der Waals surface area contributed by atoms with Gasteiger partial charge in [0, 0.05) is 12.4 Å². The SMILES string of the molecule is CCOC(=O)C1=CCCc2nccnc21. The van der Waals surface area contributed by atoms with Gasteiger partial charge in [0.25, 0.3) is 0 Å². The van der Waals surface area contributed by atoms with E-state index in [1.807, 2.05) is 6.08 Å². The maximum absolute atomic E-state index is 11.6. The average Bonchev–Trinajstić information content (AvgIpc) is 2.28. The third kappa shape index (κ3) is 1.88. The fourth-order valence-corrected chi connectivity index (χ4v) is 1.61. The first-order chi connectivity index (χ1) is 7.33. The molecule has 0 saturated carbocycles. The molecule has 1 aromatic heterocycles. The number of aryl methyl sites for hydroxylation is 1. The molecule has 0 amide bonds. The van der Waals surface area contributed by atoms with Crippen molar-refractivity contribution in [2.75, 3.05) is 6.61 Å². The van der Waals surface area contributed by atoms with Gasteiger partial charge < -0.3 is 4.74 Å². The number of hydrogen-bond donors (Lipinski definition) is 0. The van der Waals surface area contributed by atoms with E-state index in [0.717, 1.165) is 18.5 Å². The van der Waals surface area contributed by atoms with Crippen LogP contribution in [0.3, 0.4) is 0 Å². The first kappa shape index (κ1) is 9.83. The highest BCUT2D eigenvalue weighted by molar-refractivity contribution is 6.16. The Morgan fingerprint density at radius 3 is 3.07 bits per heavy atom. The van der Waals surface area contributed by atoms with Gasteiger partial charge in [-0.05, 0) is 19.8 Å². The molecule has 15 heavy (non-hydrogen) atoms. The standard InChI is InChI=1S/C11H12N2O2/c1-2-15-11(14)8-4-3-5-9-10(8)13-7-6-12-9/h4,6-7H,2-3,5H2,1H3. The molecule has 0 bridgehead atoms. The van der Waals surface area contributed by atoms with Crippen molar-refractivity contribution in [3.8, 4) is 0 Å². The minimum Gasteiger partial charge on any atom is -0.462 e. The largest absolute Gasteiger partial charge is 0.462 e. The molecule has 4 nitrogen and oxygen atoms in total. The highest BCUT2D eigenvalue weighted by Gasteiger charge is 2.21. The van der Waals surface area contributed by atoms with Gasteiger partial charge in [0.05, 0.1) is 23.6 Å². The van der Waals surface area contributed by atoms with E-state index in [4.69, 9.17) is 4.74 Å². The van der Waals surface area contributed by atoms with Crippen molar-refractivity contribution >= 4 is 11.5 Å². The fraction of sp³-hybridized carbons (Fsp3) is 0.364. The van der Waals surface area contributed by atoms with E-state index in [-0.39, 0.29) is 5.97 Å². The number of ether oxygens (including phenoxy) is 1. The molecule has 1 aliphatic carbocycles. The van der Waals surface area contributed by atoms with E-state index in [9.17, 15) is 4.79 Å². The van der Waals surface area contributed by atoms with Crippen molar-refractivity contribution in [1.82, 2.24) is 9.97 Å². The Morgan fingerprint density at radius 2 is 2.27 bits per heavy atom. The van der Waals surface area contributed by atoms with Gasteiger partial charge in [-0.25, -0.2) is 4.79 Å². The molecule has 0 N–H and O–H groups in total. The highest BCUT2D eigenvalue weighted by Crippen LogP contribution is 2.23. The molecule has 1 aromatic rings. The van der Waals surface area contributed by atoms with Crippen LogP contribution in [0, 0.1) is 0 Å². The van der Waals surface area contributed by atoms with Crippen molar-refractivity contribution in [3.63, 3.8) is 0 Å². The number of rotatable bonds is 2. The summed E-state index contributed by atoms with van der Waals surface area (Å²) in [5, 5.41) is 0. The van der Waals surface area contributed by atoms with E-state index in [2.05, 4.69) is 9.97 Å². The zero-order valence-electron chi connectivity index (χ0n) is 8.56. The van der Waals surface area contributed by atoms with Crippen molar-refractivity contribution in [2.24, 2.45) is 0 Å². The van der Waals surface area contributed by atoms with Gasteiger partial charge in [-0.15, -0.1) is 0 Å². The van der Waals surface area contributed by atoms with Crippen molar-refractivity contribution in [2.45, 2.75) is 19.8 Å². The Hall–Kier alpha value is -1.71. The quantitative estimate of drug-likeness (QED) is 0.683. The van der Waals surface area contributed by atoms with E-state index >= 15 is 0 Å². The number of hydrogen-bond acceptors (Lipinski definition) is 4. The summed E-state index contributed by atoms with van der Waals surface area (Å²) in [6.45, 7) is 2.17. The summed E-state index contributed by atoms with van der Waals surface area (Å²) in [5.41, 5.74) is 2.09. The van der Waals surface area contributed by atoms with Crippen LogP contribution in [0.15, 0.2) is 18.5 Å². The molecule has 0 unspecified atom stereocenters. The van der Waals surface area contributed by atoms with E-state index in [1.165, 1.54) is 0 Å². The highest BCUT2D eigenvalue weighted by atomic mass is 16.5. The van der Waals surface area contributed by atoms with Gasteiger partial charge >= 0.3 is 5.97 Å². The van der Waals surface area contributed by atoms with Crippen LogP contribution >= 0.6 is 0 Å². The molecule has 0 spiro atoms. The second-order valence-corrected chi connectivity index (χ2v) is 3.23. The van der Waals surface area contributed by atoms with Gasteiger partial charge in [-0.1, -0.05) is 6.08 Å². The van der Waals surface area contributed by atoms with Gasteiger partial charge in [0.15, 0.2) is 0 Å². The lowest BCUT2D eigenvalue weighted by Gasteiger charge is -2.13. The molecule has 0 fully saturated rings. The maximum Gasteiger partial charge on any atom is 0.340 e. The number of fused-ring (bicyclic) bond motifs is 1. The van der Waals surface area contributed by atoms with Crippen molar-refractivity contribution < 1.29 is 9.53 Å². The zero-order chi connectivity index (χ0) is 10.7. The van der Waals surface area contributed by atoms with Crippen LogP contribution in [-0.4, -0.2) is 22.5 Å². The molecule has 0 aromatic carbocycles. The third-order valence-electron chi connectivity index (χ3n) is 2.25. The number of nitrogens with zero attached hydrogens (tertiary/aromatic N) is 2. The third-order valence-corrected chi connectivity index (χ3v) is 2.25. The van der Waals surface area contributed by atoms with E-state index < -0.39 is 0 Å². The monoisotopic (exact) mass is 204 g/mol. The van der Waals surface area contributed by atoms with Crippen LogP contribution in [0.5, 0.6) is 0 Å². The van der Waals surface area contributed by atoms with Gasteiger partial charge in [0.1, 0.15) is 0 Å². The number of allylic oxidation sites excluding steroid dienone is 1. The summed E-state index contributed by atoms with van der Waals surface area (Å²) < 4.78 is 4.96. The summed E-state index contributed by atoms with van der Waals surface area (Å²) in [5.74, 6) is -0.307. The van der Waals surface area contributed by atoms with E-state index in [0.29, 0.717) is 17.9 Å². The van der Waals surface area contributed by atoms with Crippen LogP contribution in [0.25, 0.3) is 5.57 Å². The Balaban J connectivity index is 2.34. The number of esters is 1. The molecule has 2 rings (SSSR count). The smallest absolute Gasteiger partial charge is 0.340 e. The average molecular weight is 204 g/mol. The number of carbonyl (C=O) groups is 1.